The third kappa shape index (κ3) is 5.77. The molecule has 0 bridgehead atoms. The van der Waals surface area contributed by atoms with E-state index in [0.29, 0.717) is 17.7 Å². The predicted molar refractivity (Wildman–Crippen MR) is 129 cm³/mol. The molecule has 7 nitrogen and oxygen atoms in total. The smallest absolute Gasteiger partial charge is 0.251 e. The largest absolute Gasteiger partial charge is 0.357 e. The number of nitrogens with one attached hydrogen (secondary N) is 2. The number of benzene rings is 2. The molecule has 4 rings (SSSR count). The van der Waals surface area contributed by atoms with Gasteiger partial charge in [-0.1, -0.05) is 42.5 Å². The topological polar surface area (TPSA) is 91.4 Å². The highest BCUT2D eigenvalue weighted by atomic mass is 32.2. The molecule has 0 unspecified atom stereocenters. The fourth-order valence-electron chi connectivity index (χ4n) is 3.80. The maximum Gasteiger partial charge on any atom is 0.251 e. The molecule has 3 aromatic rings. The van der Waals surface area contributed by atoms with Crippen LogP contribution in [0.2, 0.25) is 0 Å². The minimum atomic E-state index is -3.76. The number of aromatic nitrogens is 1. The Balaban J connectivity index is 1.40. The molecule has 1 aromatic heterocycles. The second kappa shape index (κ2) is 10.1. The molecular weight excluding hydrogens is 436 g/mol. The Hall–Kier alpha value is -3.23. The van der Waals surface area contributed by atoms with Gasteiger partial charge in [-0.25, -0.2) is 18.1 Å². The molecule has 172 valence electrons. The molecule has 33 heavy (non-hydrogen) atoms. The van der Waals surface area contributed by atoms with Gasteiger partial charge in [0.1, 0.15) is 5.82 Å². The van der Waals surface area contributed by atoms with Gasteiger partial charge in [0.05, 0.1) is 4.90 Å². The fraction of sp³-hybridized carbons (Fsp3) is 0.280. The van der Waals surface area contributed by atoms with Crippen molar-refractivity contribution in [2.45, 2.75) is 37.8 Å². The summed E-state index contributed by atoms with van der Waals surface area (Å²) in [5.74, 6) is 0.635. The highest BCUT2D eigenvalue weighted by molar-refractivity contribution is 7.89. The van der Waals surface area contributed by atoms with E-state index in [0.717, 1.165) is 30.0 Å². The number of carbonyl (C=O) groups is 1. The zero-order chi connectivity index (χ0) is 23.3. The lowest BCUT2D eigenvalue weighted by Crippen LogP contribution is -2.26. The van der Waals surface area contributed by atoms with Crippen LogP contribution in [0.1, 0.15) is 39.9 Å². The lowest BCUT2D eigenvalue weighted by molar-refractivity contribution is 0.0950. The third-order valence-corrected chi connectivity index (χ3v) is 7.16. The summed E-state index contributed by atoms with van der Waals surface area (Å²) in [7, 11) is -3.76. The van der Waals surface area contributed by atoms with E-state index in [1.54, 1.807) is 19.2 Å². The maximum atomic E-state index is 12.8. The van der Waals surface area contributed by atoms with Crippen molar-refractivity contribution in [3.63, 3.8) is 0 Å². The van der Waals surface area contributed by atoms with Gasteiger partial charge < -0.3 is 10.2 Å². The minimum Gasteiger partial charge on any atom is -0.357 e. The van der Waals surface area contributed by atoms with E-state index in [4.69, 9.17) is 0 Å². The summed E-state index contributed by atoms with van der Waals surface area (Å²) in [5, 5.41) is 2.87. The average Bonchev–Trinajstić information content (AvgIpc) is 3.37. The molecule has 2 N–H and O–H groups in total. The minimum absolute atomic E-state index is 0.0609. The van der Waals surface area contributed by atoms with Crippen molar-refractivity contribution < 1.29 is 13.2 Å². The van der Waals surface area contributed by atoms with Crippen molar-refractivity contribution in [1.29, 1.82) is 0 Å². The molecule has 1 aliphatic rings. The summed E-state index contributed by atoms with van der Waals surface area (Å²) in [4.78, 5) is 19.6. The Morgan fingerprint density at radius 1 is 0.970 bits per heavy atom. The first-order valence-corrected chi connectivity index (χ1v) is 12.5. The summed E-state index contributed by atoms with van der Waals surface area (Å²) in [6.07, 6.45) is 4.15. The van der Waals surface area contributed by atoms with E-state index >= 15 is 0 Å². The number of amides is 1. The number of rotatable bonds is 8. The van der Waals surface area contributed by atoms with Crippen molar-refractivity contribution in [3.8, 4) is 0 Å². The SMILES string of the molecule is Cc1ccc(S(=O)(=O)NCc2ccccc2)cc1C(=O)NCc1ccc(N2CCCC2)nc1. The summed E-state index contributed by atoms with van der Waals surface area (Å²) in [6.45, 7) is 4.34. The van der Waals surface area contributed by atoms with E-state index in [1.807, 2.05) is 42.5 Å². The summed E-state index contributed by atoms with van der Waals surface area (Å²) >= 11 is 0. The van der Waals surface area contributed by atoms with Crippen LogP contribution in [-0.4, -0.2) is 32.4 Å². The number of nitrogens with zero attached hydrogens (tertiary/aromatic N) is 2. The quantitative estimate of drug-likeness (QED) is 0.533. The van der Waals surface area contributed by atoms with Crippen molar-refractivity contribution in [2.75, 3.05) is 18.0 Å². The van der Waals surface area contributed by atoms with Crippen molar-refractivity contribution in [2.24, 2.45) is 0 Å². The summed E-state index contributed by atoms with van der Waals surface area (Å²) < 4.78 is 28.1. The average molecular weight is 465 g/mol. The van der Waals surface area contributed by atoms with Gasteiger partial charge in [-0.15, -0.1) is 0 Å². The first kappa shape index (κ1) is 22.9. The lowest BCUT2D eigenvalue weighted by Gasteiger charge is -2.16. The van der Waals surface area contributed by atoms with Gasteiger partial charge in [0.2, 0.25) is 10.0 Å². The molecule has 0 saturated carbocycles. The molecule has 0 atom stereocenters. The molecule has 2 heterocycles. The van der Waals surface area contributed by atoms with E-state index in [-0.39, 0.29) is 17.3 Å². The Morgan fingerprint density at radius 3 is 2.42 bits per heavy atom. The molecular formula is C25H28N4O3S. The van der Waals surface area contributed by atoms with E-state index < -0.39 is 10.0 Å². The van der Waals surface area contributed by atoms with E-state index in [9.17, 15) is 13.2 Å². The second-order valence-corrected chi connectivity index (χ2v) is 9.96. The number of pyridine rings is 1. The Bertz CT molecular complexity index is 1210. The van der Waals surface area contributed by atoms with Crippen LogP contribution in [0.3, 0.4) is 0 Å². The number of aryl methyl sites for hydroxylation is 1. The van der Waals surface area contributed by atoms with Gasteiger partial charge >= 0.3 is 0 Å². The number of sulfonamides is 1. The first-order chi connectivity index (χ1) is 15.9. The molecule has 1 aliphatic heterocycles. The summed E-state index contributed by atoms with van der Waals surface area (Å²) in [5.41, 5.74) is 2.78. The molecule has 8 heteroatoms. The molecule has 1 amide bonds. The Morgan fingerprint density at radius 2 is 1.73 bits per heavy atom. The molecule has 2 aromatic carbocycles. The monoisotopic (exact) mass is 464 g/mol. The van der Waals surface area contributed by atoms with Crippen LogP contribution in [0.15, 0.2) is 71.8 Å². The first-order valence-electron chi connectivity index (χ1n) is 11.0. The molecule has 1 fully saturated rings. The van der Waals surface area contributed by atoms with Crippen molar-refractivity contribution in [1.82, 2.24) is 15.0 Å². The van der Waals surface area contributed by atoms with Gasteiger partial charge in [0, 0.05) is 37.9 Å². The van der Waals surface area contributed by atoms with Gasteiger partial charge in [0.15, 0.2) is 0 Å². The van der Waals surface area contributed by atoms with Crippen LogP contribution in [0.5, 0.6) is 0 Å². The van der Waals surface area contributed by atoms with Crippen molar-refractivity contribution in [3.05, 3.63) is 89.1 Å². The second-order valence-electron chi connectivity index (χ2n) is 8.19. The predicted octanol–water partition coefficient (Wildman–Crippen LogP) is 3.40. The van der Waals surface area contributed by atoms with Gasteiger partial charge in [0.25, 0.3) is 5.91 Å². The van der Waals surface area contributed by atoms with Crippen LogP contribution in [0, 0.1) is 6.92 Å². The van der Waals surface area contributed by atoms with E-state index in [1.165, 1.54) is 25.0 Å². The number of hydrogen-bond acceptors (Lipinski definition) is 5. The van der Waals surface area contributed by atoms with Crippen LogP contribution in [0.25, 0.3) is 0 Å². The lowest BCUT2D eigenvalue weighted by atomic mass is 10.1. The zero-order valence-electron chi connectivity index (χ0n) is 18.6. The molecule has 0 radical (unpaired) electrons. The number of hydrogen-bond donors (Lipinski definition) is 2. The summed E-state index contributed by atoms with van der Waals surface area (Å²) in [6, 6.07) is 17.8. The van der Waals surface area contributed by atoms with Gasteiger partial charge in [-0.3, -0.25) is 4.79 Å². The van der Waals surface area contributed by atoms with Crippen LogP contribution in [-0.2, 0) is 23.1 Å². The van der Waals surface area contributed by atoms with Crippen molar-refractivity contribution >= 4 is 21.7 Å². The van der Waals surface area contributed by atoms with E-state index in [2.05, 4.69) is 19.9 Å². The zero-order valence-corrected chi connectivity index (χ0v) is 19.4. The highest BCUT2D eigenvalue weighted by Crippen LogP contribution is 2.19. The number of carbonyl (C=O) groups excluding carboxylic acids is 1. The maximum absolute atomic E-state index is 12.8. The highest BCUT2D eigenvalue weighted by Gasteiger charge is 2.18. The molecule has 0 spiro atoms. The van der Waals surface area contributed by atoms with Crippen LogP contribution in [0.4, 0.5) is 5.82 Å². The third-order valence-electron chi connectivity index (χ3n) is 5.77. The molecule has 1 saturated heterocycles. The van der Waals surface area contributed by atoms with Gasteiger partial charge in [-0.05, 0) is 54.7 Å². The Labute approximate surface area is 194 Å². The number of anilines is 1. The normalized spacial score (nSPS) is 13.8. The fourth-order valence-corrected chi connectivity index (χ4v) is 4.85. The Kier molecular flexibility index (Phi) is 7.05. The molecule has 0 aliphatic carbocycles. The van der Waals surface area contributed by atoms with Gasteiger partial charge in [-0.2, -0.15) is 0 Å². The standard InChI is InChI=1S/C25H28N4O3S/c1-19-9-11-22(33(31,32)28-18-20-7-3-2-4-8-20)15-23(19)25(30)27-17-21-10-12-24(26-16-21)29-13-5-6-14-29/h2-4,7-12,15-16,28H,5-6,13-14,17-18H2,1H3,(H,27,30). The van der Waals surface area contributed by atoms with Crippen LogP contribution >= 0.6 is 0 Å². The van der Waals surface area contributed by atoms with Crippen LogP contribution < -0.4 is 14.9 Å².